The van der Waals surface area contributed by atoms with E-state index in [2.05, 4.69) is 10.0 Å². The zero-order chi connectivity index (χ0) is 23.6. The Kier molecular flexibility index (Phi) is 6.61. The molecule has 8 nitrogen and oxygen atoms in total. The first-order valence-corrected chi connectivity index (χ1v) is 11.7. The lowest BCUT2D eigenvalue weighted by atomic mass is 10.1. The van der Waals surface area contributed by atoms with Gasteiger partial charge >= 0.3 is 12.3 Å². The smallest absolute Gasteiger partial charge is 0.416 e. The first-order valence-electron chi connectivity index (χ1n) is 10.0. The summed E-state index contributed by atoms with van der Waals surface area (Å²) in [5.41, 5.74) is -0.362. The van der Waals surface area contributed by atoms with Gasteiger partial charge in [-0.15, -0.1) is 0 Å². The second-order valence-electron chi connectivity index (χ2n) is 7.71. The minimum atomic E-state index is -4.55. The third-order valence-electron chi connectivity index (χ3n) is 5.23. The topological polar surface area (TPSA) is 103 Å². The Bertz CT molecular complexity index is 1100. The van der Waals surface area contributed by atoms with Crippen LogP contribution in [-0.2, 0) is 36.2 Å². The summed E-state index contributed by atoms with van der Waals surface area (Å²) < 4.78 is 82.6. The van der Waals surface area contributed by atoms with E-state index >= 15 is 0 Å². The Hall–Kier alpha value is -2.67. The second kappa shape index (κ2) is 9.29. The third-order valence-corrected chi connectivity index (χ3v) is 6.61. The Morgan fingerprint density at radius 3 is 2.48 bits per heavy atom. The molecule has 33 heavy (non-hydrogen) atoms. The highest BCUT2D eigenvalue weighted by molar-refractivity contribution is 7.88. The molecule has 0 aliphatic carbocycles. The molecule has 2 saturated heterocycles. The summed E-state index contributed by atoms with van der Waals surface area (Å²) in [4.78, 5) is 12.2. The zero-order valence-electron chi connectivity index (χ0n) is 17.1. The highest BCUT2D eigenvalue weighted by Gasteiger charge is 2.50. The molecule has 4 atom stereocenters. The molecule has 2 heterocycles. The monoisotopic (exact) mass is 486 g/mol. The standard InChI is InChI=1S/C21H21F3N2O6S/c22-21(23,24)14-7-4-8-15(9-14)25-20(27)32-17-11-31-18-16(10-30-19(17)18)26-33(28,29)12-13-5-2-1-3-6-13/h1-9,16-19,26H,10-12H2,(H,25,27)/t16-,17-,18-,19+/m1/s1. The van der Waals surface area contributed by atoms with Gasteiger partial charge in [0.2, 0.25) is 10.0 Å². The minimum Gasteiger partial charge on any atom is -0.441 e. The molecule has 0 radical (unpaired) electrons. The second-order valence-corrected chi connectivity index (χ2v) is 9.47. The minimum absolute atomic E-state index is 0.0262. The van der Waals surface area contributed by atoms with E-state index in [0.29, 0.717) is 5.56 Å². The van der Waals surface area contributed by atoms with Crippen molar-refractivity contribution in [3.8, 4) is 0 Å². The number of amides is 1. The van der Waals surface area contributed by atoms with E-state index in [1.807, 2.05) is 0 Å². The van der Waals surface area contributed by atoms with Gasteiger partial charge in [-0.05, 0) is 23.8 Å². The van der Waals surface area contributed by atoms with Gasteiger partial charge < -0.3 is 14.2 Å². The van der Waals surface area contributed by atoms with Gasteiger partial charge in [0.15, 0.2) is 6.10 Å². The van der Waals surface area contributed by atoms with E-state index in [9.17, 15) is 26.4 Å². The van der Waals surface area contributed by atoms with Crippen LogP contribution in [0, 0.1) is 0 Å². The van der Waals surface area contributed by atoms with Crippen molar-refractivity contribution in [2.24, 2.45) is 0 Å². The van der Waals surface area contributed by atoms with Crippen molar-refractivity contribution in [1.82, 2.24) is 4.72 Å². The van der Waals surface area contributed by atoms with E-state index in [0.717, 1.165) is 12.1 Å². The van der Waals surface area contributed by atoms with Gasteiger partial charge in [0, 0.05) is 5.69 Å². The lowest BCUT2D eigenvalue weighted by Crippen LogP contribution is -2.44. The number of ether oxygens (including phenoxy) is 3. The van der Waals surface area contributed by atoms with Crippen LogP contribution in [0.2, 0.25) is 0 Å². The van der Waals surface area contributed by atoms with Crippen molar-refractivity contribution in [2.45, 2.75) is 36.3 Å². The molecule has 2 N–H and O–H groups in total. The number of fused-ring (bicyclic) bond motifs is 1. The fourth-order valence-corrected chi connectivity index (χ4v) is 5.17. The van der Waals surface area contributed by atoms with Crippen molar-refractivity contribution in [1.29, 1.82) is 0 Å². The Morgan fingerprint density at radius 1 is 1.03 bits per heavy atom. The molecule has 2 aliphatic heterocycles. The number of hydrogen-bond donors (Lipinski definition) is 2. The normalized spacial score (nSPS) is 24.9. The summed E-state index contributed by atoms with van der Waals surface area (Å²) in [6.07, 6.45) is -7.73. The molecule has 2 aliphatic rings. The first-order chi connectivity index (χ1) is 15.6. The van der Waals surface area contributed by atoms with Crippen molar-refractivity contribution in [2.75, 3.05) is 18.5 Å². The van der Waals surface area contributed by atoms with Crippen LogP contribution in [0.4, 0.5) is 23.7 Å². The largest absolute Gasteiger partial charge is 0.441 e. The van der Waals surface area contributed by atoms with Crippen molar-refractivity contribution in [3.63, 3.8) is 0 Å². The van der Waals surface area contributed by atoms with Gasteiger partial charge in [-0.1, -0.05) is 36.4 Å². The number of alkyl halides is 3. The molecular weight excluding hydrogens is 465 g/mol. The fourth-order valence-electron chi connectivity index (χ4n) is 3.79. The number of carbonyl (C=O) groups is 1. The molecule has 12 heteroatoms. The molecule has 1 amide bonds. The molecule has 4 rings (SSSR count). The van der Waals surface area contributed by atoms with E-state index in [-0.39, 0.29) is 24.7 Å². The number of nitrogens with one attached hydrogen (secondary N) is 2. The maximum absolute atomic E-state index is 12.8. The van der Waals surface area contributed by atoms with Crippen LogP contribution in [0.1, 0.15) is 11.1 Å². The van der Waals surface area contributed by atoms with Crippen molar-refractivity contribution >= 4 is 21.8 Å². The predicted octanol–water partition coefficient (Wildman–Crippen LogP) is 2.91. The Morgan fingerprint density at radius 2 is 1.76 bits per heavy atom. The van der Waals surface area contributed by atoms with E-state index in [1.165, 1.54) is 12.1 Å². The maximum atomic E-state index is 12.8. The number of benzene rings is 2. The van der Waals surface area contributed by atoms with E-state index in [1.54, 1.807) is 30.3 Å². The van der Waals surface area contributed by atoms with Gasteiger partial charge in [0.1, 0.15) is 12.2 Å². The first kappa shape index (κ1) is 23.5. The SMILES string of the molecule is O=C(Nc1cccc(C(F)(F)F)c1)O[C@@H]1CO[C@H]2[C@H]1OC[C@H]2NS(=O)(=O)Cc1ccccc1. The van der Waals surface area contributed by atoms with Gasteiger partial charge in [-0.2, -0.15) is 13.2 Å². The molecule has 0 bridgehead atoms. The lowest BCUT2D eigenvalue weighted by molar-refractivity contribution is -0.137. The number of carbonyl (C=O) groups excluding carboxylic acids is 1. The van der Waals surface area contributed by atoms with Crippen molar-refractivity contribution < 1.29 is 40.6 Å². The molecule has 0 saturated carbocycles. The quantitative estimate of drug-likeness (QED) is 0.651. The number of hydrogen-bond acceptors (Lipinski definition) is 6. The highest BCUT2D eigenvalue weighted by Crippen LogP contribution is 2.32. The van der Waals surface area contributed by atoms with Crippen LogP contribution in [0.25, 0.3) is 0 Å². The van der Waals surface area contributed by atoms with Gasteiger partial charge in [-0.25, -0.2) is 17.9 Å². The summed E-state index contributed by atoms with van der Waals surface area (Å²) in [6, 6.07) is 12.2. The van der Waals surface area contributed by atoms with Crippen LogP contribution in [0.3, 0.4) is 0 Å². The predicted molar refractivity (Wildman–Crippen MR) is 111 cm³/mol. The molecule has 0 spiro atoms. The summed E-state index contributed by atoms with van der Waals surface area (Å²) in [6.45, 7) is -0.0132. The highest BCUT2D eigenvalue weighted by atomic mass is 32.2. The van der Waals surface area contributed by atoms with Crippen LogP contribution >= 0.6 is 0 Å². The molecule has 2 fully saturated rings. The lowest BCUT2D eigenvalue weighted by Gasteiger charge is -2.18. The summed E-state index contributed by atoms with van der Waals surface area (Å²) in [5.74, 6) is -0.207. The van der Waals surface area contributed by atoms with Crippen LogP contribution in [-0.4, -0.2) is 52.1 Å². The average Bonchev–Trinajstić information content (AvgIpc) is 3.31. The summed E-state index contributed by atoms with van der Waals surface area (Å²) in [7, 11) is -3.68. The number of halogens is 3. The molecule has 2 aromatic rings. The molecule has 178 valence electrons. The molecule has 0 aromatic heterocycles. The third kappa shape index (κ3) is 5.82. The van der Waals surface area contributed by atoms with E-state index < -0.39 is 52.2 Å². The van der Waals surface area contributed by atoms with Gasteiger partial charge in [0.25, 0.3) is 0 Å². The molecule has 2 aromatic carbocycles. The Labute approximate surface area is 188 Å². The van der Waals surface area contributed by atoms with Gasteiger partial charge in [0.05, 0.1) is 30.6 Å². The maximum Gasteiger partial charge on any atom is 0.416 e. The van der Waals surface area contributed by atoms with Gasteiger partial charge in [-0.3, -0.25) is 5.32 Å². The number of sulfonamides is 1. The van der Waals surface area contributed by atoms with E-state index in [4.69, 9.17) is 14.2 Å². The summed E-state index contributed by atoms with van der Waals surface area (Å²) >= 11 is 0. The molecule has 0 unspecified atom stereocenters. The van der Waals surface area contributed by atoms with Crippen LogP contribution < -0.4 is 10.0 Å². The Balaban J connectivity index is 1.32. The number of anilines is 1. The molecular formula is C21H21F3N2O6S. The van der Waals surface area contributed by atoms with Crippen LogP contribution in [0.15, 0.2) is 54.6 Å². The fraction of sp³-hybridized carbons (Fsp3) is 0.381. The van der Waals surface area contributed by atoms with Crippen molar-refractivity contribution in [3.05, 3.63) is 65.7 Å². The number of rotatable bonds is 6. The zero-order valence-corrected chi connectivity index (χ0v) is 17.9. The average molecular weight is 486 g/mol. The summed E-state index contributed by atoms with van der Waals surface area (Å²) in [5, 5.41) is 2.25. The van der Waals surface area contributed by atoms with Crippen LogP contribution in [0.5, 0.6) is 0 Å².